The van der Waals surface area contributed by atoms with Crippen LogP contribution in [0.4, 0.5) is 5.69 Å². The molecule has 0 aliphatic carbocycles. The van der Waals surface area contributed by atoms with Crippen LogP contribution in [-0.4, -0.2) is 8.42 Å². The lowest BCUT2D eigenvalue weighted by atomic mass is 10.2. The highest BCUT2D eigenvalue weighted by atomic mass is 35.5. The maximum atomic E-state index is 11.5. The number of rotatable bonds is 4. The molecule has 2 rings (SSSR count). The molecule has 4 nitrogen and oxygen atoms in total. The van der Waals surface area contributed by atoms with Gasteiger partial charge in [0.25, 0.3) is 0 Å². The summed E-state index contributed by atoms with van der Waals surface area (Å²) in [6, 6.07) is 10.3. The predicted octanol–water partition coefficient (Wildman–Crippen LogP) is 3.56. The highest BCUT2D eigenvalue weighted by Gasteiger charge is 2.12. The van der Waals surface area contributed by atoms with Crippen molar-refractivity contribution in [1.29, 1.82) is 0 Å². The van der Waals surface area contributed by atoms with Crippen molar-refractivity contribution in [3.63, 3.8) is 0 Å². The lowest BCUT2D eigenvalue weighted by molar-refractivity contribution is 0.597. The minimum absolute atomic E-state index is 0.102. The fourth-order valence-corrected chi connectivity index (χ4v) is 3.09. The summed E-state index contributed by atoms with van der Waals surface area (Å²) in [5.74, 6) is 0. The molecule has 21 heavy (non-hydrogen) atoms. The second kappa shape index (κ2) is 6.23. The molecular formula is C14H14Cl2N2O2S. The van der Waals surface area contributed by atoms with Gasteiger partial charge in [0.2, 0.25) is 10.0 Å². The van der Waals surface area contributed by atoms with Gasteiger partial charge in [0, 0.05) is 12.2 Å². The Morgan fingerprint density at radius 2 is 1.90 bits per heavy atom. The zero-order valence-corrected chi connectivity index (χ0v) is 13.6. The minimum Gasteiger partial charge on any atom is -0.381 e. The molecule has 0 aliphatic rings. The molecule has 0 radical (unpaired) electrons. The minimum atomic E-state index is -3.74. The average molecular weight is 345 g/mol. The molecule has 2 aromatic carbocycles. The van der Waals surface area contributed by atoms with E-state index >= 15 is 0 Å². The molecule has 0 aromatic heterocycles. The maximum absolute atomic E-state index is 11.5. The molecule has 112 valence electrons. The van der Waals surface area contributed by atoms with Crippen LogP contribution in [-0.2, 0) is 16.6 Å². The first-order valence-corrected chi connectivity index (χ1v) is 8.39. The average Bonchev–Trinajstić information content (AvgIpc) is 2.40. The number of anilines is 1. The van der Waals surface area contributed by atoms with Crippen molar-refractivity contribution in [3.05, 3.63) is 57.6 Å². The van der Waals surface area contributed by atoms with E-state index < -0.39 is 10.0 Å². The number of hydrogen-bond acceptors (Lipinski definition) is 3. The van der Waals surface area contributed by atoms with Crippen molar-refractivity contribution in [2.45, 2.75) is 18.4 Å². The Kier molecular flexibility index (Phi) is 4.78. The lowest BCUT2D eigenvalue weighted by Gasteiger charge is -2.11. The van der Waals surface area contributed by atoms with Gasteiger partial charge in [0.15, 0.2) is 0 Å². The van der Waals surface area contributed by atoms with Gasteiger partial charge in [-0.05, 0) is 36.2 Å². The fraction of sp³-hybridized carbons (Fsp3) is 0.143. The summed E-state index contributed by atoms with van der Waals surface area (Å²) in [6.07, 6.45) is 0. The van der Waals surface area contributed by atoms with Gasteiger partial charge in [0.1, 0.15) is 0 Å². The first-order chi connectivity index (χ1) is 9.79. The molecule has 3 N–H and O–H groups in total. The molecule has 0 saturated carbocycles. The third-order valence-corrected chi connectivity index (χ3v) is 4.92. The van der Waals surface area contributed by atoms with E-state index in [1.165, 1.54) is 6.07 Å². The van der Waals surface area contributed by atoms with E-state index in [-0.39, 0.29) is 4.90 Å². The first kappa shape index (κ1) is 16.1. The first-order valence-electron chi connectivity index (χ1n) is 6.09. The molecule has 0 atom stereocenters. The second-order valence-electron chi connectivity index (χ2n) is 4.59. The molecule has 0 spiro atoms. The molecule has 0 unspecified atom stereocenters. The molecular weight excluding hydrogens is 331 g/mol. The summed E-state index contributed by atoms with van der Waals surface area (Å²) in [6.45, 7) is 2.11. The van der Waals surface area contributed by atoms with E-state index in [9.17, 15) is 8.42 Å². The summed E-state index contributed by atoms with van der Waals surface area (Å²) in [5, 5.41) is 9.24. The third-order valence-electron chi connectivity index (χ3n) is 3.01. The number of halogens is 2. The molecule has 7 heteroatoms. The maximum Gasteiger partial charge on any atom is 0.238 e. The van der Waals surface area contributed by atoms with E-state index in [2.05, 4.69) is 5.32 Å². The SMILES string of the molecule is Cc1ccc(NCc2cccc(Cl)c2Cl)cc1S(N)(=O)=O. The third kappa shape index (κ3) is 3.89. The Morgan fingerprint density at radius 3 is 2.57 bits per heavy atom. The second-order valence-corrected chi connectivity index (χ2v) is 6.91. The number of hydrogen-bond donors (Lipinski definition) is 2. The van der Waals surface area contributed by atoms with Crippen molar-refractivity contribution in [3.8, 4) is 0 Å². The fourth-order valence-electron chi connectivity index (χ4n) is 1.90. The normalized spacial score (nSPS) is 11.4. The largest absolute Gasteiger partial charge is 0.381 e. The zero-order valence-electron chi connectivity index (χ0n) is 11.2. The Labute approximate surface area is 133 Å². The van der Waals surface area contributed by atoms with Crippen molar-refractivity contribution in [2.24, 2.45) is 5.14 Å². The van der Waals surface area contributed by atoms with Gasteiger partial charge in [-0.3, -0.25) is 0 Å². The predicted molar refractivity (Wildman–Crippen MR) is 86.3 cm³/mol. The van der Waals surface area contributed by atoms with Crippen LogP contribution in [0.1, 0.15) is 11.1 Å². The van der Waals surface area contributed by atoms with Gasteiger partial charge in [-0.2, -0.15) is 0 Å². The smallest absolute Gasteiger partial charge is 0.238 e. The molecule has 2 aromatic rings. The van der Waals surface area contributed by atoms with E-state index in [0.717, 1.165) is 5.56 Å². The van der Waals surface area contributed by atoms with Crippen molar-refractivity contribution >= 4 is 38.9 Å². The number of primary sulfonamides is 1. The van der Waals surface area contributed by atoms with Gasteiger partial charge in [-0.15, -0.1) is 0 Å². The van der Waals surface area contributed by atoms with Crippen LogP contribution in [0.3, 0.4) is 0 Å². The highest BCUT2D eigenvalue weighted by molar-refractivity contribution is 7.89. The molecule has 0 bridgehead atoms. The molecule has 0 heterocycles. The van der Waals surface area contributed by atoms with Crippen molar-refractivity contribution in [2.75, 3.05) is 5.32 Å². The topological polar surface area (TPSA) is 72.2 Å². The standard InChI is InChI=1S/C14H14Cl2N2O2S/c1-9-5-6-11(7-13(9)21(17,19)20)18-8-10-3-2-4-12(15)14(10)16/h2-7,18H,8H2,1H3,(H2,17,19,20). The highest BCUT2D eigenvalue weighted by Crippen LogP contribution is 2.26. The molecule has 0 saturated heterocycles. The van der Waals surface area contributed by atoms with Gasteiger partial charge >= 0.3 is 0 Å². The molecule has 0 amide bonds. The van der Waals surface area contributed by atoms with Crippen molar-refractivity contribution in [1.82, 2.24) is 0 Å². The van der Waals surface area contributed by atoms with E-state index in [4.69, 9.17) is 28.3 Å². The van der Waals surface area contributed by atoms with E-state index in [1.54, 1.807) is 31.2 Å². The summed E-state index contributed by atoms with van der Waals surface area (Å²) >= 11 is 12.0. The Balaban J connectivity index is 2.23. The quantitative estimate of drug-likeness (QED) is 0.890. The van der Waals surface area contributed by atoms with Crippen LogP contribution >= 0.6 is 23.2 Å². The number of benzene rings is 2. The van der Waals surface area contributed by atoms with Gasteiger partial charge in [0.05, 0.1) is 14.9 Å². The Hall–Kier alpha value is -1.27. The Bertz CT molecular complexity index is 777. The van der Waals surface area contributed by atoms with Crippen LogP contribution in [0.5, 0.6) is 0 Å². The van der Waals surface area contributed by atoms with Crippen LogP contribution in [0.15, 0.2) is 41.3 Å². The number of aryl methyl sites for hydroxylation is 1. The lowest BCUT2D eigenvalue weighted by Crippen LogP contribution is -2.14. The number of sulfonamides is 1. The zero-order chi connectivity index (χ0) is 15.6. The van der Waals surface area contributed by atoms with Gasteiger partial charge in [-0.25, -0.2) is 13.6 Å². The summed E-state index contributed by atoms with van der Waals surface area (Å²) in [4.78, 5) is 0.102. The summed E-state index contributed by atoms with van der Waals surface area (Å²) in [5.41, 5.74) is 2.06. The molecule has 0 fully saturated rings. The number of nitrogens with one attached hydrogen (secondary N) is 1. The van der Waals surface area contributed by atoms with Crippen LogP contribution in [0.25, 0.3) is 0 Å². The number of nitrogens with two attached hydrogens (primary N) is 1. The molecule has 0 aliphatic heterocycles. The Morgan fingerprint density at radius 1 is 1.19 bits per heavy atom. The monoisotopic (exact) mass is 344 g/mol. The van der Waals surface area contributed by atoms with Crippen molar-refractivity contribution < 1.29 is 8.42 Å². The van der Waals surface area contributed by atoms with E-state index in [0.29, 0.717) is 27.8 Å². The van der Waals surface area contributed by atoms with Crippen LogP contribution < -0.4 is 10.5 Å². The van der Waals surface area contributed by atoms with Crippen LogP contribution in [0, 0.1) is 6.92 Å². The van der Waals surface area contributed by atoms with Crippen LogP contribution in [0.2, 0.25) is 10.0 Å². The van der Waals surface area contributed by atoms with Gasteiger partial charge in [-0.1, -0.05) is 41.4 Å². The van der Waals surface area contributed by atoms with Gasteiger partial charge < -0.3 is 5.32 Å². The summed E-state index contributed by atoms with van der Waals surface area (Å²) < 4.78 is 23.0. The summed E-state index contributed by atoms with van der Waals surface area (Å²) in [7, 11) is -3.74. The van der Waals surface area contributed by atoms with E-state index in [1.807, 2.05) is 6.07 Å².